The molecule has 0 bridgehead atoms. The second-order valence-electron chi connectivity index (χ2n) is 3.91. The third kappa shape index (κ3) is 2.08. The number of furan rings is 1. The van der Waals surface area contributed by atoms with E-state index in [1.807, 2.05) is 32.0 Å². The third-order valence-electron chi connectivity index (χ3n) is 2.43. The van der Waals surface area contributed by atoms with Crippen molar-refractivity contribution >= 4 is 16.9 Å². The molecule has 0 aliphatic rings. The molecular formula is C13H15NO2. The molecule has 0 spiro atoms. The minimum Gasteiger partial charge on any atom is -0.451 e. The Balaban J connectivity index is 2.28. The molecule has 0 atom stereocenters. The van der Waals surface area contributed by atoms with Gasteiger partial charge in [0.1, 0.15) is 5.58 Å². The highest BCUT2D eigenvalue weighted by atomic mass is 16.3. The summed E-state index contributed by atoms with van der Waals surface area (Å²) in [7, 11) is 0. The Morgan fingerprint density at radius 2 is 2.19 bits per heavy atom. The van der Waals surface area contributed by atoms with E-state index in [0.29, 0.717) is 12.3 Å². The Morgan fingerprint density at radius 3 is 2.94 bits per heavy atom. The van der Waals surface area contributed by atoms with E-state index in [4.69, 9.17) is 4.42 Å². The van der Waals surface area contributed by atoms with Crippen LogP contribution in [0.25, 0.3) is 11.0 Å². The molecule has 0 saturated carbocycles. The van der Waals surface area contributed by atoms with Gasteiger partial charge in [-0.15, -0.1) is 0 Å². The summed E-state index contributed by atoms with van der Waals surface area (Å²) in [4.78, 5) is 11.7. The van der Waals surface area contributed by atoms with Crippen molar-refractivity contribution in [3.8, 4) is 0 Å². The van der Waals surface area contributed by atoms with Crippen molar-refractivity contribution in [2.75, 3.05) is 6.54 Å². The molecule has 16 heavy (non-hydrogen) atoms. The van der Waals surface area contributed by atoms with Crippen molar-refractivity contribution in [2.45, 2.75) is 20.3 Å². The molecule has 0 fully saturated rings. The van der Waals surface area contributed by atoms with E-state index in [0.717, 1.165) is 23.0 Å². The van der Waals surface area contributed by atoms with Crippen LogP contribution >= 0.6 is 0 Å². The summed E-state index contributed by atoms with van der Waals surface area (Å²) < 4.78 is 5.50. The van der Waals surface area contributed by atoms with Gasteiger partial charge in [0.25, 0.3) is 5.91 Å². The van der Waals surface area contributed by atoms with Gasteiger partial charge in [-0.25, -0.2) is 0 Å². The van der Waals surface area contributed by atoms with E-state index < -0.39 is 0 Å². The van der Waals surface area contributed by atoms with Gasteiger partial charge in [0, 0.05) is 11.9 Å². The van der Waals surface area contributed by atoms with Crippen LogP contribution in [0.3, 0.4) is 0 Å². The minimum absolute atomic E-state index is 0.143. The maximum atomic E-state index is 11.7. The average molecular weight is 217 g/mol. The van der Waals surface area contributed by atoms with Crippen molar-refractivity contribution < 1.29 is 9.21 Å². The van der Waals surface area contributed by atoms with Gasteiger partial charge in [-0.3, -0.25) is 4.79 Å². The molecule has 1 N–H and O–H groups in total. The van der Waals surface area contributed by atoms with Crippen molar-refractivity contribution in [3.05, 3.63) is 35.6 Å². The van der Waals surface area contributed by atoms with Gasteiger partial charge in [0.15, 0.2) is 5.76 Å². The monoisotopic (exact) mass is 217 g/mol. The van der Waals surface area contributed by atoms with Gasteiger partial charge in [-0.05, 0) is 31.0 Å². The van der Waals surface area contributed by atoms with Gasteiger partial charge in [-0.1, -0.05) is 19.1 Å². The summed E-state index contributed by atoms with van der Waals surface area (Å²) in [6, 6.07) is 7.68. The number of nitrogens with one attached hydrogen (secondary N) is 1. The highest BCUT2D eigenvalue weighted by Crippen LogP contribution is 2.20. The van der Waals surface area contributed by atoms with Gasteiger partial charge in [-0.2, -0.15) is 0 Å². The number of fused-ring (bicyclic) bond motifs is 1. The maximum absolute atomic E-state index is 11.7. The number of carbonyl (C=O) groups excluding carboxylic acids is 1. The Labute approximate surface area is 94.4 Å². The van der Waals surface area contributed by atoms with Gasteiger partial charge in [0.2, 0.25) is 0 Å². The van der Waals surface area contributed by atoms with Crippen LogP contribution in [0.1, 0.15) is 29.5 Å². The van der Waals surface area contributed by atoms with Crippen molar-refractivity contribution in [1.29, 1.82) is 0 Å². The Kier molecular flexibility index (Phi) is 2.95. The first-order chi connectivity index (χ1) is 7.70. The van der Waals surface area contributed by atoms with Crippen LogP contribution in [-0.2, 0) is 0 Å². The summed E-state index contributed by atoms with van der Waals surface area (Å²) in [6.07, 6.45) is 0.922. The summed E-state index contributed by atoms with van der Waals surface area (Å²) in [6.45, 7) is 4.69. The molecule has 1 aromatic heterocycles. The van der Waals surface area contributed by atoms with E-state index in [9.17, 15) is 4.79 Å². The fourth-order valence-electron chi connectivity index (χ4n) is 1.58. The van der Waals surface area contributed by atoms with Crippen LogP contribution in [0.4, 0.5) is 0 Å². The van der Waals surface area contributed by atoms with Crippen LogP contribution in [0.15, 0.2) is 28.7 Å². The molecule has 3 heteroatoms. The van der Waals surface area contributed by atoms with E-state index >= 15 is 0 Å². The van der Waals surface area contributed by atoms with Gasteiger partial charge < -0.3 is 9.73 Å². The molecule has 0 aliphatic carbocycles. The number of aryl methyl sites for hydroxylation is 1. The molecule has 0 unspecified atom stereocenters. The van der Waals surface area contributed by atoms with E-state index in [2.05, 4.69) is 5.32 Å². The first-order valence-electron chi connectivity index (χ1n) is 5.49. The molecule has 2 rings (SSSR count). The molecular weight excluding hydrogens is 202 g/mol. The summed E-state index contributed by atoms with van der Waals surface area (Å²) in [5.74, 6) is 0.241. The quantitative estimate of drug-likeness (QED) is 0.859. The Morgan fingerprint density at radius 1 is 1.38 bits per heavy atom. The smallest absolute Gasteiger partial charge is 0.287 e. The summed E-state index contributed by atoms with van der Waals surface area (Å²) >= 11 is 0. The lowest BCUT2D eigenvalue weighted by molar-refractivity contribution is 0.0928. The average Bonchev–Trinajstić information content (AvgIpc) is 2.68. The minimum atomic E-state index is -0.143. The molecule has 0 saturated heterocycles. The zero-order chi connectivity index (χ0) is 11.5. The largest absolute Gasteiger partial charge is 0.451 e. The van der Waals surface area contributed by atoms with Crippen LogP contribution in [0.5, 0.6) is 0 Å². The number of amides is 1. The molecule has 1 amide bonds. The van der Waals surface area contributed by atoms with E-state index in [1.54, 1.807) is 6.07 Å². The maximum Gasteiger partial charge on any atom is 0.287 e. The molecule has 1 heterocycles. The van der Waals surface area contributed by atoms with Crippen LogP contribution in [0, 0.1) is 6.92 Å². The molecule has 2 aromatic rings. The first kappa shape index (κ1) is 10.7. The summed E-state index contributed by atoms with van der Waals surface area (Å²) in [5.41, 5.74) is 1.89. The van der Waals surface area contributed by atoms with Crippen LogP contribution < -0.4 is 5.32 Å². The highest BCUT2D eigenvalue weighted by molar-refractivity contribution is 5.96. The number of rotatable bonds is 3. The normalized spacial score (nSPS) is 10.6. The SMILES string of the molecule is CCCNC(=O)c1cc2ccc(C)cc2o1. The second kappa shape index (κ2) is 4.39. The Bertz CT molecular complexity index is 514. The molecule has 1 aromatic carbocycles. The van der Waals surface area contributed by atoms with Gasteiger partial charge in [0.05, 0.1) is 0 Å². The fourth-order valence-corrected chi connectivity index (χ4v) is 1.58. The Hall–Kier alpha value is -1.77. The molecule has 0 aliphatic heterocycles. The highest BCUT2D eigenvalue weighted by Gasteiger charge is 2.11. The van der Waals surface area contributed by atoms with Gasteiger partial charge >= 0.3 is 0 Å². The lowest BCUT2D eigenvalue weighted by Crippen LogP contribution is -2.23. The van der Waals surface area contributed by atoms with Crippen molar-refractivity contribution in [3.63, 3.8) is 0 Å². The standard InChI is InChI=1S/C13H15NO2/c1-3-6-14-13(15)12-8-10-5-4-9(2)7-11(10)16-12/h4-5,7-8H,3,6H2,1-2H3,(H,14,15). The molecule has 3 nitrogen and oxygen atoms in total. The predicted octanol–water partition coefficient (Wildman–Crippen LogP) is 2.88. The predicted molar refractivity (Wildman–Crippen MR) is 63.6 cm³/mol. The topological polar surface area (TPSA) is 42.2 Å². The van der Waals surface area contributed by atoms with Crippen LogP contribution in [-0.4, -0.2) is 12.5 Å². The third-order valence-corrected chi connectivity index (χ3v) is 2.43. The van der Waals surface area contributed by atoms with Crippen molar-refractivity contribution in [2.24, 2.45) is 0 Å². The first-order valence-corrected chi connectivity index (χ1v) is 5.49. The van der Waals surface area contributed by atoms with E-state index in [-0.39, 0.29) is 5.91 Å². The van der Waals surface area contributed by atoms with Crippen LogP contribution in [0.2, 0.25) is 0 Å². The molecule has 84 valence electrons. The fraction of sp³-hybridized carbons (Fsp3) is 0.308. The number of hydrogen-bond donors (Lipinski definition) is 1. The lowest BCUT2D eigenvalue weighted by Gasteiger charge is -1.98. The number of hydrogen-bond acceptors (Lipinski definition) is 2. The van der Waals surface area contributed by atoms with Crippen molar-refractivity contribution in [1.82, 2.24) is 5.32 Å². The molecule has 0 radical (unpaired) electrons. The zero-order valence-corrected chi connectivity index (χ0v) is 9.54. The summed E-state index contributed by atoms with van der Waals surface area (Å²) in [5, 5.41) is 3.76. The van der Waals surface area contributed by atoms with E-state index in [1.165, 1.54) is 0 Å². The lowest BCUT2D eigenvalue weighted by atomic mass is 10.2. The zero-order valence-electron chi connectivity index (χ0n) is 9.54. The second-order valence-corrected chi connectivity index (χ2v) is 3.91. The number of benzene rings is 1. The number of carbonyl (C=O) groups is 1.